The van der Waals surface area contributed by atoms with E-state index in [0.29, 0.717) is 12.1 Å². The van der Waals surface area contributed by atoms with E-state index in [1.54, 1.807) is 18.3 Å². The van der Waals surface area contributed by atoms with Gasteiger partial charge in [-0.2, -0.15) is 0 Å². The molecule has 1 spiro atoms. The van der Waals surface area contributed by atoms with Gasteiger partial charge in [0.1, 0.15) is 5.82 Å². The molecule has 0 radical (unpaired) electrons. The second kappa shape index (κ2) is 10.2. The molecule has 1 atom stereocenters. The van der Waals surface area contributed by atoms with E-state index in [9.17, 15) is 9.18 Å². The highest BCUT2D eigenvalue weighted by Gasteiger charge is 2.43. The molecule has 2 aliphatic rings. The van der Waals surface area contributed by atoms with Gasteiger partial charge in [-0.3, -0.25) is 9.78 Å². The molecule has 0 aliphatic carbocycles. The van der Waals surface area contributed by atoms with Crippen LogP contribution in [0, 0.1) is 18.2 Å². The molecular weight excluding hydrogens is 441 g/mol. The van der Waals surface area contributed by atoms with Crippen molar-refractivity contribution in [1.82, 2.24) is 9.88 Å². The molecule has 5 rings (SSSR count). The predicted octanol–water partition coefficient (Wildman–Crippen LogP) is 5.40. The third-order valence-electron chi connectivity index (χ3n) is 7.42. The van der Waals surface area contributed by atoms with E-state index in [1.807, 2.05) is 54.3 Å². The van der Waals surface area contributed by atoms with E-state index >= 15 is 0 Å². The fourth-order valence-corrected chi connectivity index (χ4v) is 5.30. The molecule has 1 N–H and O–H groups in total. The maximum Gasteiger partial charge on any atom is 0.253 e. The standard InChI is InChI=1S/C29H32FN3O2/c1-21-8-9-23(17-27(21)32-19-25-7-2-3-12-31-25)28(34)33-13-10-29(11-14-33)18-26(35-20-29)16-22-5-4-6-24(30)15-22/h2-9,12,15,17,26,32H,10-11,13-14,16,18-20H2,1H3. The molecule has 2 fully saturated rings. The first-order valence-electron chi connectivity index (χ1n) is 12.4. The minimum Gasteiger partial charge on any atom is -0.379 e. The fourth-order valence-electron chi connectivity index (χ4n) is 5.30. The number of amides is 1. The Morgan fingerprint density at radius 2 is 2.00 bits per heavy atom. The molecule has 2 aromatic carbocycles. The highest BCUT2D eigenvalue weighted by molar-refractivity contribution is 5.95. The summed E-state index contributed by atoms with van der Waals surface area (Å²) in [6.07, 6.45) is 5.48. The van der Waals surface area contributed by atoms with Gasteiger partial charge in [-0.05, 0) is 85.5 Å². The Labute approximate surface area is 206 Å². The van der Waals surface area contributed by atoms with Crippen molar-refractivity contribution in [3.63, 3.8) is 0 Å². The molecule has 3 aromatic rings. The molecule has 2 aliphatic heterocycles. The third-order valence-corrected chi connectivity index (χ3v) is 7.42. The molecule has 182 valence electrons. The molecular formula is C29H32FN3O2. The topological polar surface area (TPSA) is 54.5 Å². The van der Waals surface area contributed by atoms with Crippen LogP contribution in [0.5, 0.6) is 0 Å². The number of ether oxygens (including phenoxy) is 1. The largest absolute Gasteiger partial charge is 0.379 e. The first-order chi connectivity index (χ1) is 17.0. The van der Waals surface area contributed by atoms with Gasteiger partial charge < -0.3 is 15.0 Å². The first-order valence-corrected chi connectivity index (χ1v) is 12.4. The summed E-state index contributed by atoms with van der Waals surface area (Å²) in [5, 5.41) is 3.42. The number of rotatable bonds is 6. The molecule has 6 heteroatoms. The summed E-state index contributed by atoms with van der Waals surface area (Å²) in [5.41, 5.74) is 4.83. The van der Waals surface area contributed by atoms with Gasteiger partial charge >= 0.3 is 0 Å². The van der Waals surface area contributed by atoms with E-state index in [0.717, 1.165) is 67.9 Å². The number of pyridine rings is 1. The van der Waals surface area contributed by atoms with Crippen molar-refractivity contribution in [3.8, 4) is 0 Å². The van der Waals surface area contributed by atoms with Gasteiger partial charge in [0.2, 0.25) is 0 Å². The van der Waals surface area contributed by atoms with Gasteiger partial charge in [-0.25, -0.2) is 4.39 Å². The number of hydrogen-bond donors (Lipinski definition) is 1. The smallest absolute Gasteiger partial charge is 0.253 e. The Hall–Kier alpha value is -3.25. The summed E-state index contributed by atoms with van der Waals surface area (Å²) in [5.74, 6) is -0.121. The van der Waals surface area contributed by atoms with Crippen molar-refractivity contribution in [2.24, 2.45) is 5.41 Å². The van der Waals surface area contributed by atoms with Crippen LogP contribution < -0.4 is 5.32 Å². The van der Waals surface area contributed by atoms with Crippen LogP contribution in [-0.2, 0) is 17.7 Å². The van der Waals surface area contributed by atoms with Gasteiger partial charge in [0, 0.05) is 30.5 Å². The summed E-state index contributed by atoms with van der Waals surface area (Å²) < 4.78 is 19.7. The van der Waals surface area contributed by atoms with E-state index in [2.05, 4.69) is 10.3 Å². The van der Waals surface area contributed by atoms with Crippen LogP contribution in [0.15, 0.2) is 66.9 Å². The number of nitrogens with zero attached hydrogens (tertiary/aromatic N) is 2. The number of carbonyl (C=O) groups excluding carboxylic acids is 1. The second-order valence-electron chi connectivity index (χ2n) is 9.97. The molecule has 0 saturated carbocycles. The predicted molar refractivity (Wildman–Crippen MR) is 135 cm³/mol. The number of halogens is 1. The van der Waals surface area contributed by atoms with Crippen LogP contribution in [0.4, 0.5) is 10.1 Å². The molecule has 35 heavy (non-hydrogen) atoms. The number of aryl methyl sites for hydroxylation is 1. The number of likely N-dealkylation sites (tertiary alicyclic amines) is 1. The summed E-state index contributed by atoms with van der Waals surface area (Å²) in [6, 6.07) is 18.5. The summed E-state index contributed by atoms with van der Waals surface area (Å²) >= 11 is 0. The lowest BCUT2D eigenvalue weighted by Gasteiger charge is -2.38. The zero-order valence-electron chi connectivity index (χ0n) is 20.2. The maximum atomic E-state index is 13.5. The minimum atomic E-state index is -0.201. The molecule has 1 amide bonds. The van der Waals surface area contributed by atoms with E-state index in [-0.39, 0.29) is 23.2 Å². The number of piperidine rings is 1. The van der Waals surface area contributed by atoms with Crippen LogP contribution in [-0.4, -0.2) is 41.6 Å². The summed E-state index contributed by atoms with van der Waals surface area (Å²) in [6.45, 7) is 4.85. The Balaban J connectivity index is 1.17. The van der Waals surface area contributed by atoms with Crippen molar-refractivity contribution in [3.05, 3.63) is 95.1 Å². The minimum absolute atomic E-state index is 0.0796. The number of anilines is 1. The van der Waals surface area contributed by atoms with Crippen LogP contribution in [0.3, 0.4) is 0 Å². The van der Waals surface area contributed by atoms with Crippen LogP contribution in [0.2, 0.25) is 0 Å². The number of hydrogen-bond acceptors (Lipinski definition) is 4. The average molecular weight is 474 g/mol. The summed E-state index contributed by atoms with van der Waals surface area (Å²) in [7, 11) is 0. The van der Waals surface area contributed by atoms with Crippen LogP contribution in [0.1, 0.15) is 46.4 Å². The molecule has 2 saturated heterocycles. The molecule has 5 nitrogen and oxygen atoms in total. The van der Waals surface area contributed by atoms with Crippen molar-refractivity contribution < 1.29 is 13.9 Å². The van der Waals surface area contributed by atoms with Crippen molar-refractivity contribution >= 4 is 11.6 Å². The van der Waals surface area contributed by atoms with Gasteiger partial charge in [0.25, 0.3) is 5.91 Å². The highest BCUT2D eigenvalue weighted by Crippen LogP contribution is 2.43. The molecule has 3 heterocycles. The third kappa shape index (κ3) is 5.54. The Kier molecular flexibility index (Phi) is 6.82. The number of aromatic nitrogens is 1. The Morgan fingerprint density at radius 3 is 2.77 bits per heavy atom. The number of nitrogens with one attached hydrogen (secondary N) is 1. The van der Waals surface area contributed by atoms with Crippen molar-refractivity contribution in [1.29, 1.82) is 0 Å². The van der Waals surface area contributed by atoms with E-state index in [1.165, 1.54) is 6.07 Å². The second-order valence-corrected chi connectivity index (χ2v) is 9.97. The molecule has 1 aromatic heterocycles. The monoisotopic (exact) mass is 473 g/mol. The first kappa shape index (κ1) is 23.5. The van der Waals surface area contributed by atoms with Crippen LogP contribution >= 0.6 is 0 Å². The fraction of sp³-hybridized carbons (Fsp3) is 0.379. The lowest BCUT2D eigenvalue weighted by Crippen LogP contribution is -2.43. The van der Waals surface area contributed by atoms with E-state index < -0.39 is 0 Å². The lowest BCUT2D eigenvalue weighted by molar-refractivity contribution is 0.0496. The maximum absolute atomic E-state index is 13.5. The van der Waals surface area contributed by atoms with Gasteiger partial charge in [0.05, 0.1) is 24.9 Å². The quantitative estimate of drug-likeness (QED) is 0.521. The average Bonchev–Trinajstić information content (AvgIpc) is 3.26. The zero-order valence-corrected chi connectivity index (χ0v) is 20.2. The van der Waals surface area contributed by atoms with Gasteiger partial charge in [0.15, 0.2) is 0 Å². The van der Waals surface area contributed by atoms with Crippen molar-refractivity contribution in [2.75, 3.05) is 25.0 Å². The van der Waals surface area contributed by atoms with Crippen molar-refractivity contribution in [2.45, 2.75) is 45.3 Å². The number of carbonyl (C=O) groups is 1. The number of benzene rings is 2. The normalized spacial score (nSPS) is 19.1. The SMILES string of the molecule is Cc1ccc(C(=O)N2CCC3(CC2)COC(Cc2cccc(F)c2)C3)cc1NCc1ccccn1. The molecule has 1 unspecified atom stereocenters. The summed E-state index contributed by atoms with van der Waals surface area (Å²) in [4.78, 5) is 19.6. The lowest BCUT2D eigenvalue weighted by atomic mass is 9.76. The molecule has 0 bridgehead atoms. The highest BCUT2D eigenvalue weighted by atomic mass is 19.1. The zero-order chi connectivity index (χ0) is 24.3. The van der Waals surface area contributed by atoms with Gasteiger partial charge in [-0.1, -0.05) is 24.3 Å². The Morgan fingerprint density at radius 1 is 1.14 bits per heavy atom. The Bertz CT molecular complexity index is 1180. The van der Waals surface area contributed by atoms with E-state index in [4.69, 9.17) is 4.74 Å². The van der Waals surface area contributed by atoms with Gasteiger partial charge in [-0.15, -0.1) is 0 Å². The van der Waals surface area contributed by atoms with Crippen LogP contribution in [0.25, 0.3) is 0 Å².